The summed E-state index contributed by atoms with van der Waals surface area (Å²) in [6.45, 7) is 3.81. The van der Waals surface area contributed by atoms with Crippen LogP contribution in [0.4, 0.5) is 5.69 Å². The van der Waals surface area contributed by atoms with Gasteiger partial charge in [0.05, 0.1) is 0 Å². The largest absolute Gasteiger partial charge is 0.508 e. The third-order valence-corrected chi connectivity index (χ3v) is 3.54. The Balaban J connectivity index is 2.00. The molecular weight excluding hydrogens is 296 g/mol. The Morgan fingerprint density at radius 1 is 1.30 bits per heavy atom. The molecule has 0 spiro atoms. The molecule has 0 unspecified atom stereocenters. The fourth-order valence-corrected chi connectivity index (χ4v) is 2.27. The minimum absolute atomic E-state index is 0.0235. The van der Waals surface area contributed by atoms with Gasteiger partial charge < -0.3 is 20.2 Å². The molecule has 7 nitrogen and oxygen atoms in total. The van der Waals surface area contributed by atoms with Gasteiger partial charge in [-0.3, -0.25) is 9.59 Å². The molecule has 0 aromatic heterocycles. The number of aromatic hydroxyl groups is 1. The lowest BCUT2D eigenvalue weighted by molar-refractivity contribution is -0.130. The van der Waals surface area contributed by atoms with Gasteiger partial charge in [-0.1, -0.05) is 6.07 Å². The number of hydrogen-bond donors (Lipinski definition) is 2. The molecule has 1 fully saturated rings. The molecule has 0 aliphatic carbocycles. The average Bonchev–Trinajstić information content (AvgIpc) is 2.53. The summed E-state index contributed by atoms with van der Waals surface area (Å²) in [4.78, 5) is 27.0. The van der Waals surface area contributed by atoms with Crippen molar-refractivity contribution in [2.45, 2.75) is 6.92 Å². The molecule has 1 aliphatic heterocycles. The first-order valence-electron chi connectivity index (χ1n) is 7.21. The molecule has 1 aliphatic rings. The van der Waals surface area contributed by atoms with Crippen LogP contribution in [0.15, 0.2) is 36.0 Å². The summed E-state index contributed by atoms with van der Waals surface area (Å²) < 4.78 is 0. The standard InChI is InChI=1S/C16H18N4O3/c1-12(21)20-7-5-19(6-8-20)11-13(10-17)16(23)18-14-3-2-4-15(22)9-14/h2-4,9,11,22H,5-8H2,1H3,(H,18,23)/b13-11-. The Hall–Kier alpha value is -3.01. The molecule has 2 N–H and O–H groups in total. The van der Waals surface area contributed by atoms with Gasteiger partial charge >= 0.3 is 0 Å². The predicted molar refractivity (Wildman–Crippen MR) is 84.3 cm³/mol. The van der Waals surface area contributed by atoms with Gasteiger partial charge in [-0.25, -0.2) is 0 Å². The second-order valence-electron chi connectivity index (χ2n) is 5.20. The van der Waals surface area contributed by atoms with E-state index in [0.717, 1.165) is 0 Å². The maximum absolute atomic E-state index is 12.1. The number of nitrogens with zero attached hydrogens (tertiary/aromatic N) is 3. The minimum atomic E-state index is -0.535. The van der Waals surface area contributed by atoms with Crippen LogP contribution in [0.1, 0.15) is 6.92 Å². The summed E-state index contributed by atoms with van der Waals surface area (Å²) in [5.41, 5.74) is 0.391. The summed E-state index contributed by atoms with van der Waals surface area (Å²) in [5.74, 6) is -0.478. The van der Waals surface area contributed by atoms with Crippen LogP contribution < -0.4 is 5.32 Å². The van der Waals surface area contributed by atoms with Gasteiger partial charge in [-0.05, 0) is 12.1 Å². The average molecular weight is 314 g/mol. The van der Waals surface area contributed by atoms with E-state index in [2.05, 4.69) is 5.32 Å². The number of amides is 2. The van der Waals surface area contributed by atoms with E-state index in [9.17, 15) is 20.0 Å². The first kappa shape index (κ1) is 16.4. The van der Waals surface area contributed by atoms with E-state index >= 15 is 0 Å². The zero-order valence-electron chi connectivity index (χ0n) is 12.8. The molecule has 1 saturated heterocycles. The first-order valence-corrected chi connectivity index (χ1v) is 7.21. The van der Waals surface area contributed by atoms with Crippen molar-refractivity contribution in [3.8, 4) is 11.8 Å². The van der Waals surface area contributed by atoms with Gasteiger partial charge in [0, 0.05) is 51.1 Å². The molecule has 23 heavy (non-hydrogen) atoms. The molecule has 120 valence electrons. The van der Waals surface area contributed by atoms with E-state index in [0.29, 0.717) is 31.9 Å². The van der Waals surface area contributed by atoms with E-state index in [1.807, 2.05) is 11.0 Å². The quantitative estimate of drug-likeness (QED) is 0.638. The molecule has 1 aromatic rings. The number of phenolic OH excluding ortho intramolecular Hbond substituents is 1. The highest BCUT2D eigenvalue weighted by atomic mass is 16.3. The fourth-order valence-electron chi connectivity index (χ4n) is 2.27. The monoisotopic (exact) mass is 314 g/mol. The summed E-state index contributed by atoms with van der Waals surface area (Å²) in [6, 6.07) is 8.00. The molecule has 0 radical (unpaired) electrons. The summed E-state index contributed by atoms with van der Waals surface area (Å²) in [6.07, 6.45) is 1.51. The number of piperazine rings is 1. The van der Waals surface area contributed by atoms with Crippen molar-refractivity contribution in [2.75, 3.05) is 31.5 Å². The van der Waals surface area contributed by atoms with Crippen molar-refractivity contribution < 1.29 is 14.7 Å². The predicted octanol–water partition coefficient (Wildman–Crippen LogP) is 0.902. The van der Waals surface area contributed by atoms with Crippen LogP contribution in [-0.2, 0) is 9.59 Å². The van der Waals surface area contributed by atoms with Crippen molar-refractivity contribution in [2.24, 2.45) is 0 Å². The summed E-state index contributed by atoms with van der Waals surface area (Å²) in [5, 5.41) is 21.1. The molecule has 2 rings (SSSR count). The molecule has 1 aromatic carbocycles. The van der Waals surface area contributed by atoms with Gasteiger partial charge in [-0.15, -0.1) is 0 Å². The topological polar surface area (TPSA) is 96.7 Å². The lowest BCUT2D eigenvalue weighted by atomic mass is 10.2. The van der Waals surface area contributed by atoms with Crippen LogP contribution in [0.5, 0.6) is 5.75 Å². The Labute approximate surface area is 134 Å². The van der Waals surface area contributed by atoms with Crippen molar-refractivity contribution in [3.05, 3.63) is 36.0 Å². The maximum Gasteiger partial charge on any atom is 0.267 e. The van der Waals surface area contributed by atoms with Crippen LogP contribution in [0.3, 0.4) is 0 Å². The highest BCUT2D eigenvalue weighted by Crippen LogP contribution is 2.16. The van der Waals surface area contributed by atoms with Crippen LogP contribution in [0.25, 0.3) is 0 Å². The number of rotatable bonds is 3. The second-order valence-corrected chi connectivity index (χ2v) is 5.20. The molecule has 2 amide bonds. The normalized spacial score (nSPS) is 15.0. The summed E-state index contributed by atoms with van der Waals surface area (Å²) in [7, 11) is 0. The van der Waals surface area contributed by atoms with Gasteiger partial charge in [0.1, 0.15) is 17.4 Å². The number of carbonyl (C=O) groups is 2. The van der Waals surface area contributed by atoms with Gasteiger partial charge in [-0.2, -0.15) is 5.26 Å². The maximum atomic E-state index is 12.1. The number of nitrogens with one attached hydrogen (secondary N) is 1. The number of hydrogen-bond acceptors (Lipinski definition) is 5. The Bertz CT molecular complexity index is 670. The van der Waals surface area contributed by atoms with Crippen LogP contribution >= 0.6 is 0 Å². The Morgan fingerprint density at radius 2 is 2.00 bits per heavy atom. The van der Waals surface area contributed by atoms with Crippen molar-refractivity contribution >= 4 is 17.5 Å². The van der Waals surface area contributed by atoms with E-state index < -0.39 is 5.91 Å². The number of carbonyl (C=O) groups excluding carboxylic acids is 2. The fraction of sp³-hybridized carbons (Fsp3) is 0.312. The zero-order chi connectivity index (χ0) is 16.8. The third-order valence-electron chi connectivity index (χ3n) is 3.54. The van der Waals surface area contributed by atoms with Gasteiger partial charge in [0.25, 0.3) is 5.91 Å². The van der Waals surface area contributed by atoms with E-state index in [1.165, 1.54) is 25.3 Å². The lowest BCUT2D eigenvalue weighted by Crippen LogP contribution is -2.46. The molecular formula is C16H18N4O3. The highest BCUT2D eigenvalue weighted by Gasteiger charge is 2.18. The molecule has 0 saturated carbocycles. The third kappa shape index (κ3) is 4.48. The van der Waals surface area contributed by atoms with Crippen LogP contribution in [0, 0.1) is 11.3 Å². The minimum Gasteiger partial charge on any atom is -0.508 e. The van der Waals surface area contributed by atoms with Crippen molar-refractivity contribution in [1.82, 2.24) is 9.80 Å². The van der Waals surface area contributed by atoms with Crippen LogP contribution in [0.2, 0.25) is 0 Å². The van der Waals surface area contributed by atoms with E-state index in [4.69, 9.17) is 0 Å². The van der Waals surface area contributed by atoms with Crippen LogP contribution in [-0.4, -0.2) is 52.9 Å². The Kier molecular flexibility index (Phi) is 5.20. The van der Waals surface area contributed by atoms with Crippen molar-refractivity contribution in [3.63, 3.8) is 0 Å². The molecule has 1 heterocycles. The second kappa shape index (κ2) is 7.31. The number of nitriles is 1. The van der Waals surface area contributed by atoms with E-state index in [-0.39, 0.29) is 17.2 Å². The highest BCUT2D eigenvalue weighted by molar-refractivity contribution is 6.06. The molecule has 0 bridgehead atoms. The van der Waals surface area contributed by atoms with Gasteiger partial charge in [0.15, 0.2) is 0 Å². The SMILES string of the molecule is CC(=O)N1CCN(/C=C(/C#N)C(=O)Nc2cccc(O)c2)CC1. The number of benzene rings is 1. The van der Waals surface area contributed by atoms with E-state index in [1.54, 1.807) is 17.0 Å². The zero-order valence-corrected chi connectivity index (χ0v) is 12.8. The molecule has 7 heteroatoms. The lowest BCUT2D eigenvalue weighted by Gasteiger charge is -2.33. The summed E-state index contributed by atoms with van der Waals surface area (Å²) >= 11 is 0. The van der Waals surface area contributed by atoms with Gasteiger partial charge in [0.2, 0.25) is 5.91 Å². The number of phenols is 1. The molecule has 0 atom stereocenters. The number of anilines is 1. The smallest absolute Gasteiger partial charge is 0.267 e. The Morgan fingerprint density at radius 3 is 2.57 bits per heavy atom. The van der Waals surface area contributed by atoms with Crippen molar-refractivity contribution in [1.29, 1.82) is 5.26 Å². The first-order chi connectivity index (χ1) is 11.0.